The second kappa shape index (κ2) is 8.99. The van der Waals surface area contributed by atoms with Gasteiger partial charge in [-0.2, -0.15) is 0 Å². The van der Waals surface area contributed by atoms with E-state index in [1.54, 1.807) is 6.92 Å². The quantitative estimate of drug-likeness (QED) is 0.526. The fraction of sp³-hybridized carbons (Fsp3) is 0.304. The first kappa shape index (κ1) is 22.0. The van der Waals surface area contributed by atoms with Crippen molar-refractivity contribution in [3.63, 3.8) is 0 Å². The van der Waals surface area contributed by atoms with Crippen LogP contribution in [0.5, 0.6) is 0 Å². The maximum Gasteiger partial charge on any atom is 0.337 e. The zero-order valence-electron chi connectivity index (χ0n) is 17.7. The number of carbonyl (C=O) groups excluding carboxylic acids is 4. The van der Waals surface area contributed by atoms with Crippen molar-refractivity contribution in [2.24, 2.45) is 0 Å². The van der Waals surface area contributed by atoms with Crippen LogP contribution in [0.25, 0.3) is 0 Å². The third kappa shape index (κ3) is 4.58. The average molecular weight is 423 g/mol. The molecule has 2 aromatic rings. The van der Waals surface area contributed by atoms with Gasteiger partial charge in [-0.1, -0.05) is 37.6 Å². The molecule has 0 unspecified atom stereocenters. The minimum absolute atomic E-state index is 0.343. The molecule has 1 aliphatic rings. The summed E-state index contributed by atoms with van der Waals surface area (Å²) in [5.74, 6) is -1.51. The Labute approximate surface area is 180 Å². The number of carbonyl (C=O) groups is 4. The molecular weight excluding hydrogens is 398 g/mol. The van der Waals surface area contributed by atoms with Gasteiger partial charge in [-0.25, -0.2) is 9.59 Å². The minimum atomic E-state index is -1.23. The number of nitrogens with one attached hydrogen (secondary N) is 2. The van der Waals surface area contributed by atoms with Crippen molar-refractivity contribution in [1.82, 2.24) is 10.2 Å². The molecule has 1 heterocycles. The fourth-order valence-electron chi connectivity index (χ4n) is 3.48. The highest BCUT2D eigenvalue weighted by Crippen LogP contribution is 2.29. The smallest absolute Gasteiger partial charge is 0.337 e. The van der Waals surface area contributed by atoms with Gasteiger partial charge in [0.1, 0.15) is 12.1 Å². The molecule has 2 N–H and O–H groups in total. The topological polar surface area (TPSA) is 105 Å². The first-order chi connectivity index (χ1) is 14.8. The first-order valence-corrected chi connectivity index (χ1v) is 10.00. The highest BCUT2D eigenvalue weighted by molar-refractivity contribution is 6.10. The Morgan fingerprint density at radius 2 is 1.71 bits per heavy atom. The molecular formula is C23H25N3O5. The van der Waals surface area contributed by atoms with Gasteiger partial charge in [-0.15, -0.1) is 0 Å². The van der Waals surface area contributed by atoms with Crippen LogP contribution in [0.1, 0.15) is 41.8 Å². The number of amides is 4. The van der Waals surface area contributed by atoms with Gasteiger partial charge >= 0.3 is 12.0 Å². The van der Waals surface area contributed by atoms with Crippen molar-refractivity contribution >= 4 is 29.5 Å². The molecule has 2 aromatic carbocycles. The lowest BCUT2D eigenvalue weighted by Gasteiger charge is -2.22. The van der Waals surface area contributed by atoms with Crippen LogP contribution >= 0.6 is 0 Å². The van der Waals surface area contributed by atoms with Gasteiger partial charge in [0, 0.05) is 5.69 Å². The molecule has 1 atom stereocenters. The molecule has 0 spiro atoms. The number of esters is 1. The first-order valence-electron chi connectivity index (χ1n) is 10.00. The molecule has 0 aromatic heterocycles. The Hall–Kier alpha value is -3.68. The summed E-state index contributed by atoms with van der Waals surface area (Å²) in [7, 11) is 1.28. The van der Waals surface area contributed by atoms with Gasteiger partial charge in [0.05, 0.1) is 12.7 Å². The zero-order chi connectivity index (χ0) is 22.6. The summed E-state index contributed by atoms with van der Waals surface area (Å²) >= 11 is 0. The Morgan fingerprint density at radius 1 is 1.06 bits per heavy atom. The Bertz CT molecular complexity index is 1000. The number of anilines is 1. The Morgan fingerprint density at radius 3 is 2.29 bits per heavy atom. The third-order valence-electron chi connectivity index (χ3n) is 5.24. The molecule has 3 rings (SSSR count). The summed E-state index contributed by atoms with van der Waals surface area (Å²) in [6.45, 7) is 3.30. The van der Waals surface area contributed by atoms with Crippen LogP contribution in [0.2, 0.25) is 0 Å². The van der Waals surface area contributed by atoms with Gasteiger partial charge in [-0.05, 0) is 48.7 Å². The summed E-state index contributed by atoms with van der Waals surface area (Å²) in [4.78, 5) is 50.2. The lowest BCUT2D eigenvalue weighted by Crippen LogP contribution is -2.42. The van der Waals surface area contributed by atoms with Crippen LogP contribution < -0.4 is 10.6 Å². The second-order valence-electron chi connectivity index (χ2n) is 7.51. The number of aryl methyl sites for hydroxylation is 1. The van der Waals surface area contributed by atoms with Crippen LogP contribution in [-0.2, 0) is 26.3 Å². The van der Waals surface area contributed by atoms with E-state index in [1.807, 2.05) is 24.3 Å². The van der Waals surface area contributed by atoms with E-state index in [2.05, 4.69) is 22.3 Å². The van der Waals surface area contributed by atoms with Crippen LogP contribution in [-0.4, -0.2) is 42.4 Å². The molecule has 0 radical (unpaired) electrons. The summed E-state index contributed by atoms with van der Waals surface area (Å²) in [5, 5.41) is 5.32. The number of ether oxygens (including phenoxy) is 1. The molecule has 1 fully saturated rings. The third-order valence-corrected chi connectivity index (χ3v) is 5.24. The number of nitrogens with zero attached hydrogens (tertiary/aromatic N) is 1. The van der Waals surface area contributed by atoms with Gasteiger partial charge in [0.15, 0.2) is 0 Å². The molecule has 0 aliphatic carbocycles. The molecule has 4 amide bonds. The number of rotatable bonds is 7. The Kier molecular flexibility index (Phi) is 6.39. The maximum absolute atomic E-state index is 13.0. The van der Waals surface area contributed by atoms with E-state index in [4.69, 9.17) is 0 Å². The maximum atomic E-state index is 13.0. The molecule has 162 valence electrons. The standard InChI is InChI=1S/C23H25N3O5/c1-4-5-15-6-10-17(11-7-15)23(2)21(29)26(22(30)25-23)14-19(27)24-18-12-8-16(9-13-18)20(28)31-3/h6-13H,4-5,14H2,1-3H3,(H,24,27)(H,25,30)/t23-/m0/s1. The summed E-state index contributed by atoms with van der Waals surface area (Å²) in [6, 6.07) is 13.0. The number of urea groups is 1. The number of benzene rings is 2. The van der Waals surface area contributed by atoms with Crippen molar-refractivity contribution in [3.05, 3.63) is 65.2 Å². The summed E-state index contributed by atoms with van der Waals surface area (Å²) in [6.07, 6.45) is 1.95. The van der Waals surface area contributed by atoms with E-state index in [0.29, 0.717) is 16.8 Å². The van der Waals surface area contributed by atoms with Gasteiger partial charge in [0.25, 0.3) is 5.91 Å². The van der Waals surface area contributed by atoms with E-state index < -0.39 is 35.9 Å². The van der Waals surface area contributed by atoms with E-state index in [1.165, 1.54) is 31.4 Å². The molecule has 1 aliphatic heterocycles. The van der Waals surface area contributed by atoms with E-state index in [-0.39, 0.29) is 0 Å². The lowest BCUT2D eigenvalue weighted by atomic mass is 9.91. The van der Waals surface area contributed by atoms with Crippen LogP contribution in [0.3, 0.4) is 0 Å². The van der Waals surface area contributed by atoms with Gasteiger partial charge in [-0.3, -0.25) is 14.5 Å². The number of hydrogen-bond donors (Lipinski definition) is 2. The summed E-state index contributed by atoms with van der Waals surface area (Å²) in [5.41, 5.74) is 1.35. The predicted molar refractivity (Wildman–Crippen MR) is 114 cm³/mol. The van der Waals surface area contributed by atoms with Crippen molar-refractivity contribution < 1.29 is 23.9 Å². The fourth-order valence-corrected chi connectivity index (χ4v) is 3.48. The number of imide groups is 1. The van der Waals surface area contributed by atoms with E-state index >= 15 is 0 Å². The number of hydrogen-bond acceptors (Lipinski definition) is 5. The highest BCUT2D eigenvalue weighted by atomic mass is 16.5. The van der Waals surface area contributed by atoms with Crippen molar-refractivity contribution in [2.45, 2.75) is 32.2 Å². The predicted octanol–water partition coefficient (Wildman–Crippen LogP) is 2.83. The van der Waals surface area contributed by atoms with Gasteiger partial charge < -0.3 is 15.4 Å². The van der Waals surface area contributed by atoms with Crippen LogP contribution in [0.15, 0.2) is 48.5 Å². The van der Waals surface area contributed by atoms with Crippen LogP contribution in [0.4, 0.5) is 10.5 Å². The highest BCUT2D eigenvalue weighted by Gasteiger charge is 2.49. The second-order valence-corrected chi connectivity index (χ2v) is 7.51. The molecule has 1 saturated heterocycles. The SMILES string of the molecule is CCCc1ccc([C@]2(C)NC(=O)N(CC(=O)Nc3ccc(C(=O)OC)cc3)C2=O)cc1. The van der Waals surface area contributed by atoms with E-state index in [9.17, 15) is 19.2 Å². The largest absolute Gasteiger partial charge is 0.465 e. The van der Waals surface area contributed by atoms with Crippen LogP contribution in [0, 0.1) is 0 Å². The molecule has 8 heteroatoms. The Balaban J connectivity index is 1.67. The van der Waals surface area contributed by atoms with Crippen molar-refractivity contribution in [1.29, 1.82) is 0 Å². The molecule has 31 heavy (non-hydrogen) atoms. The monoisotopic (exact) mass is 423 g/mol. The van der Waals surface area contributed by atoms with Crippen molar-refractivity contribution in [3.8, 4) is 0 Å². The molecule has 0 saturated carbocycles. The average Bonchev–Trinajstić information content (AvgIpc) is 2.98. The zero-order valence-corrected chi connectivity index (χ0v) is 17.7. The molecule has 8 nitrogen and oxygen atoms in total. The normalized spacial score (nSPS) is 18.0. The van der Waals surface area contributed by atoms with Crippen molar-refractivity contribution in [2.75, 3.05) is 19.0 Å². The number of methoxy groups -OCH3 is 1. The molecule has 0 bridgehead atoms. The summed E-state index contributed by atoms with van der Waals surface area (Å²) < 4.78 is 4.63. The minimum Gasteiger partial charge on any atom is -0.465 e. The van der Waals surface area contributed by atoms with Gasteiger partial charge in [0.2, 0.25) is 5.91 Å². The van der Waals surface area contributed by atoms with E-state index in [0.717, 1.165) is 23.3 Å². The lowest BCUT2D eigenvalue weighted by molar-refractivity contribution is -0.133.